The highest BCUT2D eigenvalue weighted by Crippen LogP contribution is 2.06. The van der Waals surface area contributed by atoms with Gasteiger partial charge in [0, 0.05) is 26.2 Å². The third-order valence-corrected chi connectivity index (χ3v) is 1.75. The van der Waals surface area contributed by atoms with Crippen molar-refractivity contribution in [1.82, 2.24) is 10.0 Å². The molecule has 0 radical (unpaired) electrons. The van der Waals surface area contributed by atoms with Gasteiger partial charge in [0.25, 0.3) is 0 Å². The molecule has 0 saturated carbocycles. The Morgan fingerprint density at radius 1 is 1.00 bits per heavy atom. The molecule has 0 N–H and O–H groups in total. The van der Waals surface area contributed by atoms with Gasteiger partial charge >= 0.3 is 0 Å². The summed E-state index contributed by atoms with van der Waals surface area (Å²) in [6.45, 7) is 9.28. The molecular weight excluding hydrogens is 100 g/mol. The largest absolute Gasteiger partial charge is 0.241 e. The zero-order valence-electron chi connectivity index (χ0n) is 5.72. The van der Waals surface area contributed by atoms with Crippen molar-refractivity contribution in [2.45, 2.75) is 13.8 Å². The summed E-state index contributed by atoms with van der Waals surface area (Å²) in [5.74, 6) is 0. The number of nitrogens with zero attached hydrogens (tertiary/aromatic N) is 2. The summed E-state index contributed by atoms with van der Waals surface area (Å²) in [6.07, 6.45) is 0. The summed E-state index contributed by atoms with van der Waals surface area (Å²) < 4.78 is 0. The lowest BCUT2D eigenvalue weighted by Crippen LogP contribution is -2.56. The maximum absolute atomic E-state index is 2.36. The minimum atomic E-state index is 1.17. The van der Waals surface area contributed by atoms with Crippen LogP contribution in [0.2, 0.25) is 0 Å². The number of hydrogen-bond donors (Lipinski definition) is 0. The van der Waals surface area contributed by atoms with Crippen molar-refractivity contribution < 1.29 is 0 Å². The topological polar surface area (TPSA) is 6.48 Å². The average molecular weight is 114 g/mol. The van der Waals surface area contributed by atoms with Crippen molar-refractivity contribution in [2.75, 3.05) is 26.2 Å². The fourth-order valence-electron chi connectivity index (χ4n) is 1.10. The molecule has 1 aliphatic rings. The van der Waals surface area contributed by atoms with Crippen LogP contribution in [0.1, 0.15) is 13.8 Å². The molecule has 1 heterocycles. The summed E-state index contributed by atoms with van der Waals surface area (Å²) in [7, 11) is 0. The van der Waals surface area contributed by atoms with Gasteiger partial charge in [0.1, 0.15) is 0 Å². The number of rotatable bonds is 2. The number of likely N-dealkylation sites (N-methyl/N-ethyl adjacent to an activating group) is 2. The van der Waals surface area contributed by atoms with E-state index in [9.17, 15) is 0 Å². The predicted molar refractivity (Wildman–Crippen MR) is 34.5 cm³/mol. The van der Waals surface area contributed by atoms with Gasteiger partial charge in [-0.3, -0.25) is 0 Å². The van der Waals surface area contributed by atoms with Crippen LogP contribution in [0.5, 0.6) is 0 Å². The standard InChI is InChI=1S/C6H14N2/c1-3-7-5-6-8(7)4-2/h3-6H2,1-2H3. The second-order valence-electron chi connectivity index (χ2n) is 2.09. The van der Waals surface area contributed by atoms with Gasteiger partial charge in [0.15, 0.2) is 0 Å². The quantitative estimate of drug-likeness (QED) is 0.517. The molecule has 0 aliphatic carbocycles. The van der Waals surface area contributed by atoms with Gasteiger partial charge in [-0.2, -0.15) is 0 Å². The normalized spacial score (nSPS) is 23.2. The number of hydrogen-bond acceptors (Lipinski definition) is 2. The molecule has 48 valence electrons. The molecular formula is C6H14N2. The molecule has 2 heteroatoms. The molecule has 0 spiro atoms. The van der Waals surface area contributed by atoms with Gasteiger partial charge in [0.05, 0.1) is 0 Å². The Morgan fingerprint density at radius 3 is 1.50 bits per heavy atom. The van der Waals surface area contributed by atoms with E-state index in [1.807, 2.05) is 0 Å². The Bertz CT molecular complexity index is 58.9. The van der Waals surface area contributed by atoms with E-state index in [-0.39, 0.29) is 0 Å². The first-order chi connectivity index (χ1) is 3.88. The Hall–Kier alpha value is -0.0800. The van der Waals surface area contributed by atoms with Crippen LogP contribution in [-0.2, 0) is 0 Å². The van der Waals surface area contributed by atoms with Crippen LogP contribution in [0.25, 0.3) is 0 Å². The number of hydrazine groups is 1. The molecule has 1 fully saturated rings. The summed E-state index contributed by atoms with van der Waals surface area (Å²) in [6, 6.07) is 0. The smallest absolute Gasteiger partial charge is 0.0275 e. The van der Waals surface area contributed by atoms with E-state index in [1.165, 1.54) is 26.2 Å². The van der Waals surface area contributed by atoms with Crippen LogP contribution in [0.4, 0.5) is 0 Å². The van der Waals surface area contributed by atoms with Gasteiger partial charge in [-0.05, 0) is 0 Å². The van der Waals surface area contributed by atoms with Crippen LogP contribution in [-0.4, -0.2) is 36.2 Å². The van der Waals surface area contributed by atoms with E-state index in [4.69, 9.17) is 0 Å². The van der Waals surface area contributed by atoms with Crippen molar-refractivity contribution in [3.8, 4) is 0 Å². The first kappa shape index (κ1) is 6.05. The zero-order chi connectivity index (χ0) is 5.98. The van der Waals surface area contributed by atoms with Gasteiger partial charge in [-0.15, -0.1) is 0 Å². The van der Waals surface area contributed by atoms with Crippen molar-refractivity contribution in [3.05, 3.63) is 0 Å². The molecule has 1 saturated heterocycles. The monoisotopic (exact) mass is 114 g/mol. The lowest BCUT2D eigenvalue weighted by Gasteiger charge is -2.42. The minimum absolute atomic E-state index is 1.17. The molecule has 0 aromatic rings. The molecule has 1 rings (SSSR count). The van der Waals surface area contributed by atoms with Gasteiger partial charge in [0.2, 0.25) is 0 Å². The van der Waals surface area contributed by atoms with Crippen molar-refractivity contribution in [1.29, 1.82) is 0 Å². The summed E-state index contributed by atoms with van der Waals surface area (Å²) >= 11 is 0. The highest BCUT2D eigenvalue weighted by Gasteiger charge is 2.20. The van der Waals surface area contributed by atoms with Crippen molar-refractivity contribution in [3.63, 3.8) is 0 Å². The third-order valence-electron chi connectivity index (χ3n) is 1.75. The van der Waals surface area contributed by atoms with Crippen LogP contribution in [0.3, 0.4) is 0 Å². The van der Waals surface area contributed by atoms with Crippen LogP contribution in [0.15, 0.2) is 0 Å². The third kappa shape index (κ3) is 0.858. The average Bonchev–Trinajstić information content (AvgIpc) is 1.66. The lowest BCUT2D eigenvalue weighted by atomic mass is 10.4. The van der Waals surface area contributed by atoms with Crippen molar-refractivity contribution >= 4 is 0 Å². The molecule has 0 bridgehead atoms. The minimum Gasteiger partial charge on any atom is -0.241 e. The van der Waals surface area contributed by atoms with E-state index in [0.29, 0.717) is 0 Å². The van der Waals surface area contributed by atoms with Crippen LogP contribution >= 0.6 is 0 Å². The van der Waals surface area contributed by atoms with E-state index >= 15 is 0 Å². The molecule has 2 nitrogen and oxygen atoms in total. The van der Waals surface area contributed by atoms with E-state index in [1.54, 1.807) is 0 Å². The Morgan fingerprint density at radius 2 is 1.38 bits per heavy atom. The molecule has 0 aromatic carbocycles. The highest BCUT2D eigenvalue weighted by atomic mass is 15.7. The SMILES string of the molecule is CCN1CCN1CC. The zero-order valence-corrected chi connectivity index (χ0v) is 5.72. The first-order valence-electron chi connectivity index (χ1n) is 3.38. The molecule has 1 aliphatic heterocycles. The fraction of sp³-hybridized carbons (Fsp3) is 1.00. The molecule has 0 atom stereocenters. The predicted octanol–water partition coefficient (Wildman–Crippen LogP) is 0.559. The first-order valence-corrected chi connectivity index (χ1v) is 3.38. The maximum Gasteiger partial charge on any atom is 0.0275 e. The van der Waals surface area contributed by atoms with Gasteiger partial charge in [-0.1, -0.05) is 13.8 Å². The summed E-state index contributed by atoms with van der Waals surface area (Å²) in [4.78, 5) is 0. The van der Waals surface area contributed by atoms with E-state index in [2.05, 4.69) is 23.9 Å². The highest BCUT2D eigenvalue weighted by molar-refractivity contribution is 4.65. The van der Waals surface area contributed by atoms with Gasteiger partial charge in [-0.25, -0.2) is 10.0 Å². The summed E-state index contributed by atoms with van der Waals surface area (Å²) in [5, 5.41) is 4.72. The Balaban J connectivity index is 2.16. The lowest BCUT2D eigenvalue weighted by molar-refractivity contribution is -0.103. The Labute approximate surface area is 51.0 Å². The van der Waals surface area contributed by atoms with E-state index in [0.717, 1.165) is 0 Å². The Kier molecular flexibility index (Phi) is 1.86. The van der Waals surface area contributed by atoms with E-state index < -0.39 is 0 Å². The van der Waals surface area contributed by atoms with Crippen LogP contribution < -0.4 is 0 Å². The molecule has 0 amide bonds. The van der Waals surface area contributed by atoms with Crippen molar-refractivity contribution in [2.24, 2.45) is 0 Å². The maximum atomic E-state index is 2.36. The molecule has 0 unspecified atom stereocenters. The van der Waals surface area contributed by atoms with Gasteiger partial charge < -0.3 is 0 Å². The second kappa shape index (κ2) is 2.46. The van der Waals surface area contributed by atoms with Crippen LogP contribution in [0, 0.1) is 0 Å². The molecule has 8 heavy (non-hydrogen) atoms. The molecule has 0 aromatic heterocycles. The summed E-state index contributed by atoms with van der Waals surface area (Å²) in [5.41, 5.74) is 0. The fourth-order valence-corrected chi connectivity index (χ4v) is 1.10. The second-order valence-corrected chi connectivity index (χ2v) is 2.09.